The highest BCUT2D eigenvalue weighted by Crippen LogP contribution is 2.37. The normalized spacial score (nSPS) is 22.4. The van der Waals surface area contributed by atoms with Gasteiger partial charge in [-0.2, -0.15) is 0 Å². The third-order valence-electron chi connectivity index (χ3n) is 4.09. The topological polar surface area (TPSA) is 50.4 Å². The summed E-state index contributed by atoms with van der Waals surface area (Å²) < 4.78 is 5.56. The molecule has 1 aliphatic rings. The summed E-state index contributed by atoms with van der Waals surface area (Å²) in [5, 5.41) is 6.01. The second kappa shape index (κ2) is 6.27. The van der Waals surface area contributed by atoms with Crippen molar-refractivity contribution in [1.29, 1.82) is 0 Å². The van der Waals surface area contributed by atoms with Gasteiger partial charge in [-0.15, -0.1) is 0 Å². The number of carbonyl (C=O) groups excluding carboxylic acids is 1. The molecular weight excluding hydrogens is 252 g/mol. The van der Waals surface area contributed by atoms with Gasteiger partial charge in [-0.3, -0.25) is 4.79 Å². The first-order valence-corrected chi connectivity index (χ1v) is 7.17. The molecule has 2 N–H and O–H groups in total. The molecule has 110 valence electrons. The lowest BCUT2D eigenvalue weighted by atomic mass is 9.83. The molecule has 0 radical (unpaired) electrons. The summed E-state index contributed by atoms with van der Waals surface area (Å²) >= 11 is 0. The zero-order valence-corrected chi connectivity index (χ0v) is 12.7. The Kier molecular flexibility index (Phi) is 4.65. The van der Waals surface area contributed by atoms with Crippen LogP contribution < -0.4 is 15.4 Å². The van der Waals surface area contributed by atoms with E-state index in [1.807, 2.05) is 0 Å². The Balaban J connectivity index is 2.29. The number of ether oxygens (including phenoxy) is 1. The second-order valence-corrected chi connectivity index (χ2v) is 5.54. The van der Waals surface area contributed by atoms with Gasteiger partial charge in [-0.1, -0.05) is 6.07 Å². The maximum absolute atomic E-state index is 11.8. The standard InChI is InChI=1S/C16H24N2O2/c1-10-7-11(2)15(14(8-10)20-4)12-5-6-18-13(9-12)16(19)17-3/h7-8,12-13,18H,5-6,9H2,1-4H3,(H,17,19). The number of benzene rings is 1. The van der Waals surface area contributed by atoms with Crippen LogP contribution in [0.3, 0.4) is 0 Å². The molecule has 0 bridgehead atoms. The molecule has 1 aliphatic heterocycles. The zero-order chi connectivity index (χ0) is 14.7. The lowest BCUT2D eigenvalue weighted by molar-refractivity contribution is -0.123. The average molecular weight is 276 g/mol. The molecule has 0 aromatic heterocycles. The maximum Gasteiger partial charge on any atom is 0.236 e. The van der Waals surface area contributed by atoms with Gasteiger partial charge in [0.05, 0.1) is 13.2 Å². The van der Waals surface area contributed by atoms with E-state index in [-0.39, 0.29) is 11.9 Å². The van der Waals surface area contributed by atoms with Gasteiger partial charge in [-0.05, 0) is 56.3 Å². The number of rotatable bonds is 3. The molecule has 0 spiro atoms. The van der Waals surface area contributed by atoms with Gasteiger partial charge in [0.1, 0.15) is 5.75 Å². The van der Waals surface area contributed by atoms with Crippen molar-refractivity contribution in [3.05, 3.63) is 28.8 Å². The second-order valence-electron chi connectivity index (χ2n) is 5.54. The zero-order valence-electron chi connectivity index (χ0n) is 12.7. The van der Waals surface area contributed by atoms with Gasteiger partial charge in [0.15, 0.2) is 0 Å². The van der Waals surface area contributed by atoms with Crippen LogP contribution in [0.5, 0.6) is 5.75 Å². The Hall–Kier alpha value is -1.55. The maximum atomic E-state index is 11.8. The van der Waals surface area contributed by atoms with Crippen molar-refractivity contribution in [2.45, 2.75) is 38.6 Å². The molecule has 0 aliphatic carbocycles. The fourth-order valence-corrected chi connectivity index (χ4v) is 3.19. The van der Waals surface area contributed by atoms with Gasteiger partial charge in [0.25, 0.3) is 0 Å². The van der Waals surface area contributed by atoms with Gasteiger partial charge < -0.3 is 15.4 Å². The highest BCUT2D eigenvalue weighted by atomic mass is 16.5. The number of amides is 1. The van der Waals surface area contributed by atoms with Crippen LogP contribution in [-0.2, 0) is 4.79 Å². The number of aryl methyl sites for hydroxylation is 2. The van der Waals surface area contributed by atoms with Crippen LogP contribution in [0.4, 0.5) is 0 Å². The smallest absolute Gasteiger partial charge is 0.236 e. The molecule has 1 aromatic rings. The van der Waals surface area contributed by atoms with Crippen LogP contribution in [-0.4, -0.2) is 32.7 Å². The van der Waals surface area contributed by atoms with Gasteiger partial charge in [-0.25, -0.2) is 0 Å². The first kappa shape index (κ1) is 14.9. The Morgan fingerprint density at radius 2 is 2.15 bits per heavy atom. The number of carbonyl (C=O) groups is 1. The first-order chi connectivity index (χ1) is 9.56. The summed E-state index contributed by atoms with van der Waals surface area (Å²) in [5.74, 6) is 1.39. The van der Waals surface area contributed by atoms with Gasteiger partial charge >= 0.3 is 0 Å². The van der Waals surface area contributed by atoms with Crippen LogP contribution in [0.1, 0.15) is 35.4 Å². The van der Waals surface area contributed by atoms with Crippen molar-refractivity contribution in [1.82, 2.24) is 10.6 Å². The van der Waals surface area contributed by atoms with Gasteiger partial charge in [0.2, 0.25) is 5.91 Å². The molecule has 4 heteroatoms. The minimum atomic E-state index is -0.107. The van der Waals surface area contributed by atoms with Crippen molar-refractivity contribution in [2.24, 2.45) is 0 Å². The Morgan fingerprint density at radius 1 is 1.40 bits per heavy atom. The fourth-order valence-electron chi connectivity index (χ4n) is 3.19. The third kappa shape index (κ3) is 2.96. The fraction of sp³-hybridized carbons (Fsp3) is 0.562. The van der Waals surface area contributed by atoms with E-state index in [0.717, 1.165) is 25.1 Å². The highest BCUT2D eigenvalue weighted by Gasteiger charge is 2.29. The molecule has 1 fully saturated rings. The van der Waals surface area contributed by atoms with E-state index >= 15 is 0 Å². The predicted octanol–water partition coefficient (Wildman–Crippen LogP) is 1.89. The third-order valence-corrected chi connectivity index (χ3v) is 4.09. The van der Waals surface area contributed by atoms with Crippen LogP contribution in [0.2, 0.25) is 0 Å². The molecule has 2 atom stereocenters. The summed E-state index contributed by atoms with van der Waals surface area (Å²) in [4.78, 5) is 11.8. The van der Waals surface area contributed by atoms with E-state index in [1.165, 1.54) is 16.7 Å². The lowest BCUT2D eigenvalue weighted by Gasteiger charge is -2.31. The van der Waals surface area contributed by atoms with E-state index < -0.39 is 0 Å². The molecular formula is C16H24N2O2. The molecule has 1 amide bonds. The minimum absolute atomic E-state index is 0.0680. The number of hydrogen-bond acceptors (Lipinski definition) is 3. The van der Waals surface area contributed by atoms with E-state index in [1.54, 1.807) is 14.2 Å². The molecule has 1 aromatic carbocycles. The number of likely N-dealkylation sites (N-methyl/N-ethyl adjacent to an activating group) is 1. The van der Waals surface area contributed by atoms with Crippen LogP contribution in [0, 0.1) is 13.8 Å². The Morgan fingerprint density at radius 3 is 2.80 bits per heavy atom. The Labute approximate surface area is 120 Å². The Bertz CT molecular complexity index is 499. The number of piperidine rings is 1. The van der Waals surface area contributed by atoms with Crippen molar-refractivity contribution in [3.8, 4) is 5.75 Å². The van der Waals surface area contributed by atoms with Crippen molar-refractivity contribution >= 4 is 5.91 Å². The molecule has 2 unspecified atom stereocenters. The SMILES string of the molecule is CNC(=O)C1CC(c2c(C)cc(C)cc2OC)CCN1. The molecule has 20 heavy (non-hydrogen) atoms. The van der Waals surface area contributed by atoms with Crippen LogP contribution >= 0.6 is 0 Å². The van der Waals surface area contributed by atoms with Crippen LogP contribution in [0.25, 0.3) is 0 Å². The van der Waals surface area contributed by atoms with Gasteiger partial charge in [0, 0.05) is 12.6 Å². The molecule has 0 saturated carbocycles. The van der Waals surface area contributed by atoms with Crippen molar-refractivity contribution in [2.75, 3.05) is 20.7 Å². The molecule has 2 rings (SSSR count). The summed E-state index contributed by atoms with van der Waals surface area (Å²) in [6.45, 7) is 5.07. The van der Waals surface area contributed by atoms with Crippen LogP contribution in [0.15, 0.2) is 12.1 Å². The molecule has 1 heterocycles. The summed E-state index contributed by atoms with van der Waals surface area (Å²) in [6.07, 6.45) is 1.85. The number of methoxy groups -OCH3 is 1. The van der Waals surface area contributed by atoms with E-state index in [2.05, 4.69) is 36.6 Å². The summed E-state index contributed by atoms with van der Waals surface area (Å²) in [5.41, 5.74) is 3.72. The van der Waals surface area contributed by atoms with Crippen molar-refractivity contribution < 1.29 is 9.53 Å². The molecule has 4 nitrogen and oxygen atoms in total. The van der Waals surface area contributed by atoms with E-state index in [4.69, 9.17) is 4.74 Å². The number of hydrogen-bond donors (Lipinski definition) is 2. The largest absolute Gasteiger partial charge is 0.496 e. The first-order valence-electron chi connectivity index (χ1n) is 7.17. The average Bonchev–Trinajstić information content (AvgIpc) is 2.45. The van der Waals surface area contributed by atoms with E-state index in [0.29, 0.717) is 5.92 Å². The summed E-state index contributed by atoms with van der Waals surface area (Å²) in [7, 11) is 3.40. The minimum Gasteiger partial charge on any atom is -0.496 e. The highest BCUT2D eigenvalue weighted by molar-refractivity contribution is 5.81. The van der Waals surface area contributed by atoms with E-state index in [9.17, 15) is 4.79 Å². The predicted molar refractivity (Wildman–Crippen MR) is 80.3 cm³/mol. The number of nitrogens with one attached hydrogen (secondary N) is 2. The summed E-state index contributed by atoms with van der Waals surface area (Å²) in [6, 6.07) is 4.16. The monoisotopic (exact) mass is 276 g/mol. The van der Waals surface area contributed by atoms with Crippen molar-refractivity contribution in [3.63, 3.8) is 0 Å². The molecule has 1 saturated heterocycles. The quantitative estimate of drug-likeness (QED) is 0.886. The lowest BCUT2D eigenvalue weighted by Crippen LogP contribution is -2.47.